The predicted molar refractivity (Wildman–Crippen MR) is 127 cm³/mol. The Labute approximate surface area is 195 Å². The maximum Gasteiger partial charge on any atom is 0.261 e. The summed E-state index contributed by atoms with van der Waals surface area (Å²) >= 11 is 0. The van der Waals surface area contributed by atoms with Crippen molar-refractivity contribution in [2.24, 2.45) is 7.05 Å². The van der Waals surface area contributed by atoms with Gasteiger partial charge in [0.05, 0.1) is 23.3 Å². The molecule has 0 fully saturated rings. The Morgan fingerprint density at radius 1 is 1.15 bits per heavy atom. The molecule has 0 aliphatic heterocycles. The first-order chi connectivity index (χ1) is 16.2. The number of benzene rings is 2. The Hall–Kier alpha value is -4.12. The molecule has 0 radical (unpaired) electrons. The molecular formula is C23H23N5O5S. The molecule has 2 heterocycles. The van der Waals surface area contributed by atoms with Gasteiger partial charge in [-0.1, -0.05) is 0 Å². The summed E-state index contributed by atoms with van der Waals surface area (Å²) in [4.78, 5) is 27.5. The van der Waals surface area contributed by atoms with Gasteiger partial charge < -0.3 is 15.0 Å². The number of hydrogen-bond acceptors (Lipinski definition) is 6. The third-order valence-corrected chi connectivity index (χ3v) is 6.38. The van der Waals surface area contributed by atoms with E-state index < -0.39 is 21.5 Å². The number of anilines is 1. The Bertz CT molecular complexity index is 1510. The molecule has 176 valence electrons. The van der Waals surface area contributed by atoms with Gasteiger partial charge in [0.1, 0.15) is 5.75 Å². The molecule has 11 heteroatoms. The van der Waals surface area contributed by atoms with Crippen molar-refractivity contribution in [3.8, 4) is 5.75 Å². The summed E-state index contributed by atoms with van der Waals surface area (Å²) in [5.41, 5.74) is 1.09. The van der Waals surface area contributed by atoms with Crippen LogP contribution in [0.3, 0.4) is 0 Å². The first-order valence-corrected chi connectivity index (χ1v) is 11.9. The lowest BCUT2D eigenvalue weighted by Crippen LogP contribution is -2.25. The van der Waals surface area contributed by atoms with Crippen LogP contribution in [0.5, 0.6) is 5.75 Å². The van der Waals surface area contributed by atoms with E-state index >= 15 is 0 Å². The number of hydrogen-bond donors (Lipinski definition) is 3. The number of carbonyl (C=O) groups excluding carboxylic acids is 1. The molecule has 34 heavy (non-hydrogen) atoms. The van der Waals surface area contributed by atoms with E-state index in [-0.39, 0.29) is 17.0 Å². The van der Waals surface area contributed by atoms with Crippen LogP contribution >= 0.6 is 0 Å². The standard InChI is InChI=1S/C23H23N5O5S/c1-3-33-17-6-4-16(5-7-17)27-34(31,32)18-8-9-21-19(10-18)20(11-22(29)26-21)23(30)24-12-15-13-25-28(2)14-15/h4-11,13-14,27H,3,12H2,1-2H3,(H,24,30)(H,26,29). The first-order valence-electron chi connectivity index (χ1n) is 10.4. The highest BCUT2D eigenvalue weighted by molar-refractivity contribution is 7.92. The molecule has 0 saturated heterocycles. The van der Waals surface area contributed by atoms with Crippen LogP contribution < -0.4 is 20.3 Å². The third kappa shape index (κ3) is 5.09. The number of aromatic nitrogens is 3. The summed E-state index contributed by atoms with van der Waals surface area (Å²) < 4.78 is 35.5. The number of ether oxygens (including phenoxy) is 1. The van der Waals surface area contributed by atoms with Gasteiger partial charge in [0.25, 0.3) is 15.9 Å². The Kier molecular flexibility index (Phi) is 6.37. The number of carbonyl (C=O) groups is 1. The van der Waals surface area contributed by atoms with Crippen molar-refractivity contribution < 1.29 is 17.9 Å². The van der Waals surface area contributed by atoms with Crippen molar-refractivity contribution in [2.45, 2.75) is 18.4 Å². The second-order valence-corrected chi connectivity index (χ2v) is 9.20. The summed E-state index contributed by atoms with van der Waals surface area (Å²) in [6.07, 6.45) is 3.38. The van der Waals surface area contributed by atoms with E-state index in [1.165, 1.54) is 18.2 Å². The average Bonchev–Trinajstić information content (AvgIpc) is 3.23. The molecule has 0 spiro atoms. The van der Waals surface area contributed by atoms with Gasteiger partial charge in [0.2, 0.25) is 5.56 Å². The molecule has 1 amide bonds. The van der Waals surface area contributed by atoms with E-state index in [0.717, 1.165) is 11.6 Å². The highest BCUT2D eigenvalue weighted by Gasteiger charge is 2.18. The SMILES string of the molecule is CCOc1ccc(NS(=O)(=O)c2ccc3[nH]c(=O)cc(C(=O)NCc4cnn(C)c4)c3c2)cc1. The second kappa shape index (κ2) is 9.40. The molecule has 3 N–H and O–H groups in total. The van der Waals surface area contributed by atoms with Crippen molar-refractivity contribution in [3.05, 3.63) is 82.4 Å². The lowest BCUT2D eigenvalue weighted by molar-refractivity contribution is 0.0952. The van der Waals surface area contributed by atoms with E-state index in [9.17, 15) is 18.0 Å². The molecule has 0 aliphatic rings. The zero-order chi connectivity index (χ0) is 24.3. The van der Waals surface area contributed by atoms with Crippen LogP contribution in [0.1, 0.15) is 22.8 Å². The quantitative estimate of drug-likeness (QED) is 0.354. The van der Waals surface area contributed by atoms with E-state index in [2.05, 4.69) is 20.1 Å². The van der Waals surface area contributed by atoms with Crippen LogP contribution in [0.25, 0.3) is 10.9 Å². The van der Waals surface area contributed by atoms with Crippen molar-refractivity contribution in [2.75, 3.05) is 11.3 Å². The van der Waals surface area contributed by atoms with Crippen LogP contribution in [0.4, 0.5) is 5.69 Å². The van der Waals surface area contributed by atoms with Gasteiger partial charge >= 0.3 is 0 Å². The number of amides is 1. The molecule has 0 atom stereocenters. The molecule has 4 rings (SSSR count). The Morgan fingerprint density at radius 2 is 1.91 bits per heavy atom. The topological polar surface area (TPSA) is 135 Å². The van der Waals surface area contributed by atoms with Crippen molar-refractivity contribution in [3.63, 3.8) is 0 Å². The minimum absolute atomic E-state index is 0.0535. The number of rotatable bonds is 8. The van der Waals surface area contributed by atoms with Gasteiger partial charge in [-0.05, 0) is 49.4 Å². The van der Waals surface area contributed by atoms with Crippen molar-refractivity contribution in [1.82, 2.24) is 20.1 Å². The van der Waals surface area contributed by atoms with Crippen molar-refractivity contribution in [1.29, 1.82) is 0 Å². The molecule has 0 saturated carbocycles. The summed E-state index contributed by atoms with van der Waals surface area (Å²) in [6, 6.07) is 11.9. The number of fused-ring (bicyclic) bond motifs is 1. The Balaban J connectivity index is 1.63. The van der Waals surface area contributed by atoms with Crippen LogP contribution in [0.2, 0.25) is 0 Å². The van der Waals surface area contributed by atoms with Crippen LogP contribution in [-0.4, -0.2) is 35.7 Å². The molecule has 4 aromatic rings. The second-order valence-electron chi connectivity index (χ2n) is 7.52. The van der Waals surface area contributed by atoms with Crippen LogP contribution in [-0.2, 0) is 23.6 Å². The van der Waals surface area contributed by atoms with E-state index in [1.807, 2.05) is 6.92 Å². The van der Waals surface area contributed by atoms with Crippen LogP contribution in [0, 0.1) is 0 Å². The highest BCUT2D eigenvalue weighted by atomic mass is 32.2. The van der Waals surface area contributed by atoms with Gasteiger partial charge in [-0.15, -0.1) is 0 Å². The maximum absolute atomic E-state index is 13.0. The fraction of sp³-hybridized carbons (Fsp3) is 0.174. The van der Waals surface area contributed by atoms with E-state index in [4.69, 9.17) is 4.74 Å². The zero-order valence-electron chi connectivity index (χ0n) is 18.5. The molecule has 0 unspecified atom stereocenters. The summed E-state index contributed by atoms with van der Waals surface area (Å²) in [5, 5.41) is 7.09. The number of H-pyrrole nitrogens is 1. The number of nitrogens with one attached hydrogen (secondary N) is 3. The zero-order valence-corrected chi connectivity index (χ0v) is 19.3. The van der Waals surface area contributed by atoms with Gasteiger partial charge in [0.15, 0.2) is 0 Å². The molecule has 2 aromatic heterocycles. The summed E-state index contributed by atoms with van der Waals surface area (Å²) in [5.74, 6) is 0.121. The van der Waals surface area contributed by atoms with E-state index in [1.54, 1.807) is 48.4 Å². The number of pyridine rings is 1. The first kappa shape index (κ1) is 23.1. The van der Waals surface area contributed by atoms with Gasteiger partial charge in [0, 0.05) is 48.0 Å². The number of nitrogens with zero attached hydrogens (tertiary/aromatic N) is 2. The highest BCUT2D eigenvalue weighted by Crippen LogP contribution is 2.23. The minimum Gasteiger partial charge on any atom is -0.494 e. The van der Waals surface area contributed by atoms with Crippen LogP contribution in [0.15, 0.2) is 70.6 Å². The number of aryl methyl sites for hydroxylation is 1. The summed E-state index contributed by atoms with van der Waals surface area (Å²) in [7, 11) is -2.20. The monoisotopic (exact) mass is 481 g/mol. The van der Waals surface area contributed by atoms with E-state index in [0.29, 0.717) is 28.9 Å². The summed E-state index contributed by atoms with van der Waals surface area (Å²) in [6.45, 7) is 2.57. The molecule has 0 aliphatic carbocycles. The lowest BCUT2D eigenvalue weighted by Gasteiger charge is -2.11. The molecule has 2 aromatic carbocycles. The smallest absolute Gasteiger partial charge is 0.261 e. The molecule has 0 bridgehead atoms. The van der Waals surface area contributed by atoms with Gasteiger partial charge in [-0.3, -0.25) is 19.0 Å². The Morgan fingerprint density at radius 3 is 2.59 bits per heavy atom. The van der Waals surface area contributed by atoms with Gasteiger partial charge in [-0.25, -0.2) is 8.42 Å². The molecular weight excluding hydrogens is 458 g/mol. The molecule has 10 nitrogen and oxygen atoms in total. The maximum atomic E-state index is 13.0. The van der Waals surface area contributed by atoms with Crippen molar-refractivity contribution >= 4 is 32.5 Å². The number of sulfonamides is 1. The third-order valence-electron chi connectivity index (χ3n) is 5.00. The van der Waals surface area contributed by atoms with Gasteiger partial charge in [-0.2, -0.15) is 5.10 Å². The predicted octanol–water partition coefficient (Wildman–Crippen LogP) is 2.39. The fourth-order valence-electron chi connectivity index (χ4n) is 3.43. The fourth-order valence-corrected chi connectivity index (χ4v) is 4.51. The average molecular weight is 482 g/mol. The number of aromatic amines is 1. The lowest BCUT2D eigenvalue weighted by atomic mass is 10.1. The largest absolute Gasteiger partial charge is 0.494 e. The normalized spacial score (nSPS) is 11.4. The minimum atomic E-state index is -3.96.